The van der Waals surface area contributed by atoms with Crippen molar-refractivity contribution < 1.29 is 4.74 Å². The average Bonchev–Trinajstić information content (AvgIpc) is 2.75. The van der Waals surface area contributed by atoms with Gasteiger partial charge in [0.2, 0.25) is 0 Å². The Morgan fingerprint density at radius 1 is 0.852 bits per heavy atom. The number of allylic oxidation sites excluding steroid dienone is 3. The number of hydrogen-bond donors (Lipinski definition) is 0. The van der Waals surface area contributed by atoms with Crippen molar-refractivity contribution in [2.45, 2.75) is 44.6 Å². The van der Waals surface area contributed by atoms with Crippen molar-refractivity contribution in [1.29, 1.82) is 0 Å². The molecule has 1 aliphatic heterocycles. The molecule has 0 aromatic heterocycles. The summed E-state index contributed by atoms with van der Waals surface area (Å²) in [7, 11) is 0. The van der Waals surface area contributed by atoms with E-state index in [0.717, 1.165) is 12.8 Å². The fourth-order valence-corrected chi connectivity index (χ4v) is 4.90. The van der Waals surface area contributed by atoms with Crippen LogP contribution < -0.4 is 0 Å². The molecule has 1 heteroatoms. The van der Waals surface area contributed by atoms with Gasteiger partial charge in [-0.2, -0.15) is 0 Å². The van der Waals surface area contributed by atoms with E-state index < -0.39 is 0 Å². The zero-order chi connectivity index (χ0) is 18.1. The quantitative estimate of drug-likeness (QED) is 0.564. The molecule has 2 atom stereocenters. The highest BCUT2D eigenvalue weighted by Gasteiger charge is 2.39. The van der Waals surface area contributed by atoms with Gasteiger partial charge >= 0.3 is 0 Å². The van der Waals surface area contributed by atoms with Crippen LogP contribution >= 0.6 is 0 Å². The molecule has 136 valence electrons. The first-order valence-corrected chi connectivity index (χ1v) is 10.3. The molecule has 0 unspecified atom stereocenters. The molecule has 2 aliphatic carbocycles. The number of ether oxygens (including phenoxy) is 1. The summed E-state index contributed by atoms with van der Waals surface area (Å²) in [6.45, 7) is 0. The maximum atomic E-state index is 6.80. The van der Waals surface area contributed by atoms with Gasteiger partial charge < -0.3 is 4.74 Å². The summed E-state index contributed by atoms with van der Waals surface area (Å²) in [4.78, 5) is 0. The smallest absolute Gasteiger partial charge is 0.131 e. The van der Waals surface area contributed by atoms with Gasteiger partial charge in [-0.25, -0.2) is 0 Å². The van der Waals surface area contributed by atoms with Crippen LogP contribution in [0.4, 0.5) is 0 Å². The van der Waals surface area contributed by atoms with Crippen molar-refractivity contribution >= 4 is 6.08 Å². The molecule has 27 heavy (non-hydrogen) atoms. The molecule has 5 rings (SSSR count). The fraction of sp³-hybridized carbons (Fsp3) is 0.308. The normalized spacial score (nSPS) is 26.1. The maximum absolute atomic E-state index is 6.80. The topological polar surface area (TPSA) is 9.23 Å². The lowest BCUT2D eigenvalue weighted by molar-refractivity contribution is 0.0581. The molecule has 0 N–H and O–H groups in total. The second-order valence-electron chi connectivity index (χ2n) is 7.89. The predicted octanol–water partition coefficient (Wildman–Crippen LogP) is 7.01. The minimum Gasteiger partial charge on any atom is -0.485 e. The Balaban J connectivity index is 1.60. The molecule has 1 heterocycles. The van der Waals surface area contributed by atoms with E-state index in [1.807, 2.05) is 0 Å². The van der Waals surface area contributed by atoms with E-state index in [1.165, 1.54) is 53.7 Å². The van der Waals surface area contributed by atoms with Gasteiger partial charge in [-0.3, -0.25) is 0 Å². The largest absolute Gasteiger partial charge is 0.485 e. The Bertz CT molecular complexity index is 902. The van der Waals surface area contributed by atoms with Gasteiger partial charge in [0.05, 0.1) is 0 Å². The predicted molar refractivity (Wildman–Crippen MR) is 111 cm³/mol. The highest BCUT2D eigenvalue weighted by Crippen LogP contribution is 2.51. The molecule has 0 bridgehead atoms. The molecule has 0 fully saturated rings. The molecule has 0 spiro atoms. The lowest BCUT2D eigenvalue weighted by Crippen LogP contribution is -2.28. The number of fused-ring (bicyclic) bond motifs is 2. The SMILES string of the molecule is C1=C2C3=C(O[C@@H](c4ccccc4)[C@@H]2CCC1)/C(=C/c1ccccc1)CCC3. The first kappa shape index (κ1) is 16.6. The van der Waals surface area contributed by atoms with E-state index in [1.54, 1.807) is 5.57 Å². The third-order valence-electron chi connectivity index (χ3n) is 6.15. The van der Waals surface area contributed by atoms with E-state index in [2.05, 4.69) is 72.8 Å². The first-order chi connectivity index (χ1) is 13.4. The third kappa shape index (κ3) is 3.16. The fourth-order valence-electron chi connectivity index (χ4n) is 4.90. The highest BCUT2D eigenvalue weighted by molar-refractivity contribution is 5.61. The average molecular weight is 354 g/mol. The minimum absolute atomic E-state index is 0.147. The highest BCUT2D eigenvalue weighted by atomic mass is 16.5. The maximum Gasteiger partial charge on any atom is 0.131 e. The molecule has 3 aliphatic rings. The zero-order valence-corrected chi connectivity index (χ0v) is 15.7. The number of rotatable bonds is 2. The molecule has 2 aromatic rings. The summed E-state index contributed by atoms with van der Waals surface area (Å²) in [6.07, 6.45) is 12.2. The molecule has 0 saturated heterocycles. The Kier molecular flexibility index (Phi) is 4.45. The van der Waals surface area contributed by atoms with Gasteiger partial charge in [0.25, 0.3) is 0 Å². The van der Waals surface area contributed by atoms with Crippen molar-refractivity contribution in [3.8, 4) is 0 Å². The van der Waals surface area contributed by atoms with Crippen LogP contribution in [0.1, 0.15) is 55.8 Å². The Labute approximate surface area is 162 Å². The van der Waals surface area contributed by atoms with E-state index in [0.29, 0.717) is 5.92 Å². The van der Waals surface area contributed by atoms with Crippen LogP contribution in [0.3, 0.4) is 0 Å². The van der Waals surface area contributed by atoms with E-state index in [4.69, 9.17) is 4.74 Å². The minimum atomic E-state index is 0.147. The van der Waals surface area contributed by atoms with Crippen LogP contribution in [0.5, 0.6) is 0 Å². The Morgan fingerprint density at radius 2 is 1.63 bits per heavy atom. The Hall–Kier alpha value is -2.54. The Morgan fingerprint density at radius 3 is 2.44 bits per heavy atom. The van der Waals surface area contributed by atoms with Crippen molar-refractivity contribution in [3.05, 3.63) is 100 Å². The van der Waals surface area contributed by atoms with Crippen molar-refractivity contribution in [2.75, 3.05) is 0 Å². The molecular weight excluding hydrogens is 328 g/mol. The summed E-state index contributed by atoms with van der Waals surface area (Å²) >= 11 is 0. The van der Waals surface area contributed by atoms with Crippen LogP contribution in [-0.2, 0) is 4.74 Å². The summed E-state index contributed by atoms with van der Waals surface area (Å²) in [5.74, 6) is 1.68. The van der Waals surface area contributed by atoms with Gasteiger partial charge in [0.15, 0.2) is 0 Å². The van der Waals surface area contributed by atoms with Gasteiger partial charge in [0.1, 0.15) is 11.9 Å². The standard InChI is InChI=1S/C26H26O/c1-3-10-19(11-4-1)18-21-14-9-17-24-22-15-7-8-16-23(22)25(27-26(21)24)20-12-5-2-6-13-20/h1-6,10-13,15,18,23,25H,7-9,14,16-17H2/b21-18+/t23-,25+/m1/s1. The lowest BCUT2D eigenvalue weighted by Gasteiger charge is -2.41. The van der Waals surface area contributed by atoms with Gasteiger partial charge in [-0.05, 0) is 72.4 Å². The van der Waals surface area contributed by atoms with Crippen molar-refractivity contribution in [2.24, 2.45) is 5.92 Å². The molecular formula is C26H26O. The van der Waals surface area contributed by atoms with Crippen LogP contribution in [0.25, 0.3) is 6.08 Å². The first-order valence-electron chi connectivity index (χ1n) is 10.3. The van der Waals surface area contributed by atoms with Crippen LogP contribution in [0.2, 0.25) is 0 Å². The molecule has 1 nitrogen and oxygen atoms in total. The lowest BCUT2D eigenvalue weighted by atomic mass is 9.73. The molecule has 0 radical (unpaired) electrons. The molecule has 0 amide bonds. The number of hydrogen-bond acceptors (Lipinski definition) is 1. The molecule has 0 saturated carbocycles. The van der Waals surface area contributed by atoms with Crippen LogP contribution in [-0.4, -0.2) is 0 Å². The van der Waals surface area contributed by atoms with Crippen molar-refractivity contribution in [3.63, 3.8) is 0 Å². The van der Waals surface area contributed by atoms with Gasteiger partial charge in [-0.1, -0.05) is 66.7 Å². The molecule has 2 aromatic carbocycles. The summed E-state index contributed by atoms with van der Waals surface area (Å²) in [5.41, 5.74) is 7.01. The van der Waals surface area contributed by atoms with Crippen LogP contribution in [0, 0.1) is 5.92 Å². The zero-order valence-electron chi connectivity index (χ0n) is 15.7. The van der Waals surface area contributed by atoms with Gasteiger partial charge in [-0.15, -0.1) is 0 Å². The second-order valence-corrected chi connectivity index (χ2v) is 7.89. The van der Waals surface area contributed by atoms with Crippen molar-refractivity contribution in [1.82, 2.24) is 0 Å². The number of benzene rings is 2. The summed E-state index contributed by atoms with van der Waals surface area (Å²) < 4.78 is 6.80. The summed E-state index contributed by atoms with van der Waals surface area (Å²) in [6, 6.07) is 21.5. The monoisotopic (exact) mass is 354 g/mol. The van der Waals surface area contributed by atoms with E-state index in [9.17, 15) is 0 Å². The van der Waals surface area contributed by atoms with Crippen LogP contribution in [0.15, 0.2) is 89.2 Å². The summed E-state index contributed by atoms with van der Waals surface area (Å²) in [5, 5.41) is 0. The van der Waals surface area contributed by atoms with E-state index >= 15 is 0 Å². The van der Waals surface area contributed by atoms with E-state index in [-0.39, 0.29) is 6.10 Å². The second kappa shape index (κ2) is 7.23. The van der Waals surface area contributed by atoms with Gasteiger partial charge in [0, 0.05) is 5.92 Å². The third-order valence-corrected chi connectivity index (χ3v) is 6.15.